The van der Waals surface area contributed by atoms with E-state index in [0.717, 1.165) is 0 Å². The smallest absolute Gasteiger partial charge is 0.256 e. The van der Waals surface area contributed by atoms with Gasteiger partial charge in [-0.3, -0.25) is 4.79 Å². The van der Waals surface area contributed by atoms with Crippen LogP contribution in [0.3, 0.4) is 0 Å². The lowest BCUT2D eigenvalue weighted by Crippen LogP contribution is -2.12. The summed E-state index contributed by atoms with van der Waals surface area (Å²) in [7, 11) is 0. The van der Waals surface area contributed by atoms with Gasteiger partial charge in [0.05, 0.1) is 0 Å². The number of hydrogen-bond donors (Lipinski definition) is 2. The molecule has 0 saturated heterocycles. The zero-order chi connectivity index (χ0) is 13.7. The number of nitrogens with zero attached hydrogens (tertiary/aromatic N) is 1. The lowest BCUT2D eigenvalue weighted by Gasteiger charge is -2.01. The van der Waals surface area contributed by atoms with Crippen LogP contribution in [0, 0.1) is 18.8 Å². The first kappa shape index (κ1) is 12.9. The second-order valence-electron chi connectivity index (χ2n) is 3.82. The number of nitrogens with one attached hydrogen (secondary N) is 1. The lowest BCUT2D eigenvalue weighted by atomic mass is 10.1. The molecule has 1 heterocycles. The number of carbonyl (C=O) groups is 1. The number of aliphatic hydroxyl groups excluding tert-OH is 1. The van der Waals surface area contributed by atoms with Gasteiger partial charge in [-0.1, -0.05) is 23.1 Å². The van der Waals surface area contributed by atoms with Crippen molar-refractivity contribution in [2.24, 2.45) is 0 Å². The van der Waals surface area contributed by atoms with E-state index in [1.165, 1.54) is 0 Å². The van der Waals surface area contributed by atoms with Gasteiger partial charge < -0.3 is 14.9 Å². The van der Waals surface area contributed by atoms with Crippen LogP contribution in [0.25, 0.3) is 0 Å². The molecule has 2 rings (SSSR count). The van der Waals surface area contributed by atoms with Crippen molar-refractivity contribution in [3.63, 3.8) is 0 Å². The topological polar surface area (TPSA) is 75.4 Å². The van der Waals surface area contributed by atoms with Crippen LogP contribution in [0.2, 0.25) is 0 Å². The third-order valence-corrected chi connectivity index (χ3v) is 2.31. The largest absolute Gasteiger partial charge is 0.384 e. The van der Waals surface area contributed by atoms with E-state index in [1.54, 1.807) is 37.3 Å². The third-order valence-electron chi connectivity index (χ3n) is 2.31. The summed E-state index contributed by atoms with van der Waals surface area (Å²) in [5.41, 5.74) is 1.13. The lowest BCUT2D eigenvalue weighted by molar-refractivity contribution is 0.102. The highest BCUT2D eigenvalue weighted by Gasteiger charge is 2.08. The summed E-state index contributed by atoms with van der Waals surface area (Å²) in [5.74, 6) is 5.98. The Kier molecular flexibility index (Phi) is 3.96. The maximum Gasteiger partial charge on any atom is 0.256 e. The standard InChI is InChI=1S/C14H12N2O3/c1-10-8-13(16-19-10)15-14(18)12-6-2-4-11(9-12)5-3-7-17/h2,4,6,8-9,17H,7H2,1H3,(H,15,16,18). The van der Waals surface area contributed by atoms with Crippen molar-refractivity contribution in [2.75, 3.05) is 11.9 Å². The predicted molar refractivity (Wildman–Crippen MR) is 69.6 cm³/mol. The Morgan fingerprint density at radius 2 is 2.32 bits per heavy atom. The molecule has 1 amide bonds. The maximum absolute atomic E-state index is 12.0. The van der Waals surface area contributed by atoms with Crippen LogP contribution in [0.5, 0.6) is 0 Å². The van der Waals surface area contributed by atoms with Gasteiger partial charge in [0.15, 0.2) is 5.82 Å². The van der Waals surface area contributed by atoms with Crippen LogP contribution in [-0.4, -0.2) is 22.8 Å². The van der Waals surface area contributed by atoms with Gasteiger partial charge in [0, 0.05) is 17.2 Å². The predicted octanol–water partition coefficient (Wildman–Crippen LogP) is 1.58. The van der Waals surface area contributed by atoms with Crippen LogP contribution in [0.15, 0.2) is 34.9 Å². The monoisotopic (exact) mass is 256 g/mol. The van der Waals surface area contributed by atoms with Gasteiger partial charge in [0.2, 0.25) is 0 Å². The number of anilines is 1. The highest BCUT2D eigenvalue weighted by atomic mass is 16.5. The fraction of sp³-hybridized carbons (Fsp3) is 0.143. The Bertz CT molecular complexity index is 650. The number of benzene rings is 1. The number of rotatable bonds is 2. The summed E-state index contributed by atoms with van der Waals surface area (Å²) < 4.78 is 4.86. The number of aliphatic hydroxyl groups is 1. The summed E-state index contributed by atoms with van der Waals surface area (Å²) in [5, 5.41) is 14.9. The van der Waals surface area contributed by atoms with Gasteiger partial charge in [-0.05, 0) is 25.1 Å². The average Bonchev–Trinajstić information content (AvgIpc) is 2.82. The molecule has 0 unspecified atom stereocenters. The van der Waals surface area contributed by atoms with Crippen LogP contribution in [-0.2, 0) is 0 Å². The Morgan fingerprint density at radius 1 is 1.47 bits per heavy atom. The highest BCUT2D eigenvalue weighted by Crippen LogP contribution is 2.10. The molecule has 2 aromatic rings. The maximum atomic E-state index is 12.0. The first-order valence-electron chi connectivity index (χ1n) is 5.63. The molecule has 19 heavy (non-hydrogen) atoms. The third kappa shape index (κ3) is 3.44. The number of carbonyl (C=O) groups excluding carboxylic acids is 1. The molecule has 96 valence electrons. The first-order chi connectivity index (χ1) is 9.19. The molecule has 0 saturated carbocycles. The summed E-state index contributed by atoms with van der Waals surface area (Å²) in [4.78, 5) is 12.0. The second kappa shape index (κ2) is 5.85. The Morgan fingerprint density at radius 3 is 3.00 bits per heavy atom. The van der Waals surface area contributed by atoms with Gasteiger partial charge in [-0.15, -0.1) is 0 Å². The van der Waals surface area contributed by atoms with Crippen molar-refractivity contribution in [1.29, 1.82) is 0 Å². The average molecular weight is 256 g/mol. The van der Waals surface area contributed by atoms with E-state index < -0.39 is 0 Å². The second-order valence-corrected chi connectivity index (χ2v) is 3.82. The SMILES string of the molecule is Cc1cc(NC(=O)c2cccc(C#CCO)c2)no1. The number of aromatic nitrogens is 1. The van der Waals surface area contributed by atoms with Crippen LogP contribution < -0.4 is 5.32 Å². The zero-order valence-corrected chi connectivity index (χ0v) is 10.3. The van der Waals surface area contributed by atoms with Crippen LogP contribution in [0.4, 0.5) is 5.82 Å². The fourth-order valence-corrected chi connectivity index (χ4v) is 1.49. The van der Waals surface area contributed by atoms with E-state index in [-0.39, 0.29) is 12.5 Å². The molecule has 5 heteroatoms. The van der Waals surface area contributed by atoms with Crippen molar-refractivity contribution in [3.8, 4) is 11.8 Å². The van der Waals surface area contributed by atoms with Crippen molar-refractivity contribution >= 4 is 11.7 Å². The minimum Gasteiger partial charge on any atom is -0.384 e. The van der Waals surface area contributed by atoms with E-state index in [0.29, 0.717) is 22.7 Å². The number of amides is 1. The van der Waals surface area contributed by atoms with Crippen molar-refractivity contribution < 1.29 is 14.4 Å². The molecule has 0 atom stereocenters. The number of hydrogen-bond acceptors (Lipinski definition) is 4. The van der Waals surface area contributed by atoms with E-state index in [2.05, 4.69) is 22.3 Å². The molecule has 1 aromatic heterocycles. The molecule has 0 bridgehead atoms. The Labute approximate surface area is 110 Å². The van der Waals surface area contributed by atoms with Gasteiger partial charge in [-0.2, -0.15) is 0 Å². The normalized spacial score (nSPS) is 9.58. The van der Waals surface area contributed by atoms with E-state index in [4.69, 9.17) is 9.63 Å². The van der Waals surface area contributed by atoms with Gasteiger partial charge in [0.1, 0.15) is 12.4 Å². The van der Waals surface area contributed by atoms with Crippen molar-refractivity contribution in [2.45, 2.75) is 6.92 Å². The van der Waals surface area contributed by atoms with E-state index >= 15 is 0 Å². The Balaban J connectivity index is 2.15. The zero-order valence-electron chi connectivity index (χ0n) is 10.3. The molecule has 0 spiro atoms. The number of aryl methyl sites for hydroxylation is 1. The minimum absolute atomic E-state index is 0.214. The summed E-state index contributed by atoms with van der Waals surface area (Å²) in [6, 6.07) is 8.44. The van der Waals surface area contributed by atoms with Crippen molar-refractivity contribution in [3.05, 3.63) is 47.2 Å². The molecular formula is C14H12N2O3. The molecule has 0 aliphatic carbocycles. The summed E-state index contributed by atoms with van der Waals surface area (Å²) in [6.45, 7) is 1.53. The van der Waals surface area contributed by atoms with E-state index in [9.17, 15) is 4.79 Å². The van der Waals surface area contributed by atoms with E-state index in [1.807, 2.05) is 0 Å². The molecule has 0 aliphatic rings. The van der Waals surface area contributed by atoms with Gasteiger partial charge >= 0.3 is 0 Å². The van der Waals surface area contributed by atoms with Crippen LogP contribution in [0.1, 0.15) is 21.7 Å². The van der Waals surface area contributed by atoms with Gasteiger partial charge in [0.25, 0.3) is 5.91 Å². The van der Waals surface area contributed by atoms with Crippen LogP contribution >= 0.6 is 0 Å². The highest BCUT2D eigenvalue weighted by molar-refractivity contribution is 6.03. The molecule has 2 N–H and O–H groups in total. The summed E-state index contributed by atoms with van der Waals surface area (Å²) >= 11 is 0. The first-order valence-corrected chi connectivity index (χ1v) is 5.63. The Hall–Kier alpha value is -2.58. The minimum atomic E-state index is -0.291. The summed E-state index contributed by atoms with van der Waals surface area (Å²) in [6.07, 6.45) is 0. The molecule has 0 radical (unpaired) electrons. The van der Waals surface area contributed by atoms with Gasteiger partial charge in [-0.25, -0.2) is 0 Å². The van der Waals surface area contributed by atoms with Crippen molar-refractivity contribution in [1.82, 2.24) is 5.16 Å². The molecule has 5 nitrogen and oxygen atoms in total. The molecule has 0 aliphatic heterocycles. The quantitative estimate of drug-likeness (QED) is 0.800. The molecule has 1 aromatic carbocycles. The fourth-order valence-electron chi connectivity index (χ4n) is 1.49. The molecular weight excluding hydrogens is 244 g/mol. The molecule has 0 fully saturated rings.